The molecule has 0 bridgehead atoms. The fourth-order valence-electron chi connectivity index (χ4n) is 2.97. The molecule has 2 aliphatic heterocycles. The Morgan fingerprint density at radius 1 is 1.14 bits per heavy atom. The predicted molar refractivity (Wildman–Crippen MR) is 80.1 cm³/mol. The molecule has 0 amide bonds. The van der Waals surface area contributed by atoms with Crippen LogP contribution in [0.3, 0.4) is 0 Å². The lowest BCUT2D eigenvalue weighted by atomic mass is 10.2. The number of nitro groups is 1. The summed E-state index contributed by atoms with van der Waals surface area (Å²) in [7, 11) is 0. The molecule has 3 rings (SSSR count). The summed E-state index contributed by atoms with van der Waals surface area (Å²) >= 11 is 0. The average Bonchev–Trinajstić information content (AvgIpc) is 3.02. The molecule has 7 heteroatoms. The van der Waals surface area contributed by atoms with Gasteiger partial charge in [0.15, 0.2) is 0 Å². The predicted octanol–water partition coefficient (Wildman–Crippen LogP) is 1.74. The van der Waals surface area contributed by atoms with E-state index < -0.39 is 0 Å². The first-order chi connectivity index (χ1) is 10.2. The maximum atomic E-state index is 11.3. The number of ether oxygens (including phenoxy) is 1. The summed E-state index contributed by atoms with van der Waals surface area (Å²) < 4.78 is 5.36. The Kier molecular flexibility index (Phi) is 3.92. The van der Waals surface area contributed by atoms with E-state index in [1.807, 2.05) is 11.8 Å². The number of rotatable bonds is 3. The second kappa shape index (κ2) is 5.85. The monoisotopic (exact) mass is 292 g/mol. The molecular formula is C14H20N4O3. The zero-order valence-electron chi connectivity index (χ0n) is 12.2. The lowest BCUT2D eigenvalue weighted by Crippen LogP contribution is -2.37. The number of pyridine rings is 1. The molecule has 0 spiro atoms. The highest BCUT2D eigenvalue weighted by molar-refractivity contribution is 5.65. The van der Waals surface area contributed by atoms with Gasteiger partial charge in [0.1, 0.15) is 5.82 Å². The van der Waals surface area contributed by atoms with Gasteiger partial charge in [-0.15, -0.1) is 0 Å². The lowest BCUT2D eigenvalue weighted by molar-refractivity contribution is -0.384. The topological polar surface area (TPSA) is 71.7 Å². The molecular weight excluding hydrogens is 272 g/mol. The maximum absolute atomic E-state index is 11.3. The molecule has 0 atom stereocenters. The third-order valence-electron chi connectivity index (χ3n) is 4.06. The van der Waals surface area contributed by atoms with Crippen LogP contribution in [-0.2, 0) is 4.74 Å². The zero-order chi connectivity index (χ0) is 14.8. The van der Waals surface area contributed by atoms with Gasteiger partial charge in [-0.2, -0.15) is 0 Å². The summed E-state index contributed by atoms with van der Waals surface area (Å²) in [5.41, 5.74) is 0.970. The largest absolute Gasteiger partial charge is 0.378 e. The Labute approximate surface area is 123 Å². The van der Waals surface area contributed by atoms with Gasteiger partial charge in [0.05, 0.1) is 18.1 Å². The summed E-state index contributed by atoms with van der Waals surface area (Å²) in [6, 6.07) is 1.66. The van der Waals surface area contributed by atoms with Crippen LogP contribution in [0.1, 0.15) is 18.4 Å². The third-order valence-corrected chi connectivity index (χ3v) is 4.06. The van der Waals surface area contributed by atoms with Crippen molar-refractivity contribution < 1.29 is 9.66 Å². The van der Waals surface area contributed by atoms with E-state index in [1.54, 1.807) is 6.07 Å². The van der Waals surface area contributed by atoms with Crippen LogP contribution in [0.5, 0.6) is 0 Å². The van der Waals surface area contributed by atoms with Gasteiger partial charge < -0.3 is 14.5 Å². The first-order valence-electron chi connectivity index (χ1n) is 7.40. The third kappa shape index (κ3) is 2.78. The quantitative estimate of drug-likeness (QED) is 0.624. The highest BCUT2D eigenvalue weighted by atomic mass is 16.6. The highest BCUT2D eigenvalue weighted by Crippen LogP contribution is 2.33. The second-order valence-corrected chi connectivity index (χ2v) is 5.52. The van der Waals surface area contributed by atoms with Crippen molar-refractivity contribution in [3.63, 3.8) is 0 Å². The van der Waals surface area contributed by atoms with Crippen LogP contribution in [-0.4, -0.2) is 49.3 Å². The summed E-state index contributed by atoms with van der Waals surface area (Å²) in [6.07, 6.45) is 2.14. The van der Waals surface area contributed by atoms with Gasteiger partial charge in [0, 0.05) is 32.2 Å². The van der Waals surface area contributed by atoms with Crippen molar-refractivity contribution in [1.29, 1.82) is 0 Å². The van der Waals surface area contributed by atoms with Crippen LogP contribution in [0.4, 0.5) is 17.3 Å². The molecule has 2 fully saturated rings. The summed E-state index contributed by atoms with van der Waals surface area (Å²) in [5, 5.41) is 11.3. The molecule has 3 heterocycles. The Bertz CT molecular complexity index is 537. The maximum Gasteiger partial charge on any atom is 0.311 e. The molecule has 0 aromatic carbocycles. The highest BCUT2D eigenvalue weighted by Gasteiger charge is 2.27. The number of morpholine rings is 1. The number of aryl methyl sites for hydroxylation is 1. The van der Waals surface area contributed by atoms with Crippen LogP contribution in [0, 0.1) is 17.0 Å². The van der Waals surface area contributed by atoms with Crippen molar-refractivity contribution in [3.05, 3.63) is 21.7 Å². The van der Waals surface area contributed by atoms with E-state index in [1.165, 1.54) is 0 Å². The van der Waals surface area contributed by atoms with E-state index in [9.17, 15) is 10.1 Å². The number of hydrogen-bond acceptors (Lipinski definition) is 6. The summed E-state index contributed by atoms with van der Waals surface area (Å²) in [6.45, 7) is 6.50. The van der Waals surface area contributed by atoms with Crippen molar-refractivity contribution in [2.75, 3.05) is 49.2 Å². The molecule has 0 N–H and O–H groups in total. The van der Waals surface area contributed by atoms with Crippen LogP contribution in [0.2, 0.25) is 0 Å². The van der Waals surface area contributed by atoms with E-state index in [4.69, 9.17) is 4.74 Å². The standard InChI is InChI=1S/C14H20N4O3/c1-11-10-12(18(19)20)14(16-4-2-3-5-16)15-13(11)17-6-8-21-9-7-17/h10H,2-9H2,1H3. The fraction of sp³-hybridized carbons (Fsp3) is 0.643. The van der Waals surface area contributed by atoms with E-state index >= 15 is 0 Å². The minimum atomic E-state index is -0.323. The van der Waals surface area contributed by atoms with Crippen molar-refractivity contribution in [2.45, 2.75) is 19.8 Å². The molecule has 0 aliphatic carbocycles. The normalized spacial score (nSPS) is 19.1. The van der Waals surface area contributed by atoms with Gasteiger partial charge in [-0.25, -0.2) is 4.98 Å². The smallest absolute Gasteiger partial charge is 0.311 e. The van der Waals surface area contributed by atoms with Crippen LogP contribution >= 0.6 is 0 Å². The minimum absolute atomic E-state index is 0.117. The van der Waals surface area contributed by atoms with Crippen molar-refractivity contribution >= 4 is 17.3 Å². The molecule has 1 aromatic heterocycles. The van der Waals surface area contributed by atoms with Crippen molar-refractivity contribution in [1.82, 2.24) is 4.98 Å². The Hall–Kier alpha value is -1.89. The van der Waals surface area contributed by atoms with Gasteiger partial charge in [-0.1, -0.05) is 0 Å². The SMILES string of the molecule is Cc1cc([N+](=O)[O-])c(N2CCCC2)nc1N1CCOCC1. The molecule has 2 aliphatic rings. The van der Waals surface area contributed by atoms with E-state index in [-0.39, 0.29) is 10.6 Å². The van der Waals surface area contributed by atoms with E-state index in [2.05, 4.69) is 9.88 Å². The fourth-order valence-corrected chi connectivity index (χ4v) is 2.97. The molecule has 21 heavy (non-hydrogen) atoms. The molecule has 0 radical (unpaired) electrons. The van der Waals surface area contributed by atoms with Gasteiger partial charge in [0.2, 0.25) is 5.82 Å². The first kappa shape index (κ1) is 14.1. The Morgan fingerprint density at radius 3 is 2.38 bits per heavy atom. The van der Waals surface area contributed by atoms with Crippen LogP contribution in [0.25, 0.3) is 0 Å². The number of aromatic nitrogens is 1. The van der Waals surface area contributed by atoms with E-state index in [0.717, 1.165) is 50.4 Å². The Morgan fingerprint density at radius 2 is 1.76 bits per heavy atom. The average molecular weight is 292 g/mol. The number of anilines is 2. The molecule has 114 valence electrons. The zero-order valence-corrected chi connectivity index (χ0v) is 12.2. The van der Waals surface area contributed by atoms with Gasteiger partial charge >= 0.3 is 5.69 Å². The molecule has 0 saturated carbocycles. The first-order valence-corrected chi connectivity index (χ1v) is 7.40. The Balaban J connectivity index is 2.00. The van der Waals surface area contributed by atoms with Gasteiger partial charge in [-0.3, -0.25) is 10.1 Å². The van der Waals surface area contributed by atoms with Crippen molar-refractivity contribution in [2.24, 2.45) is 0 Å². The lowest BCUT2D eigenvalue weighted by Gasteiger charge is -2.30. The second-order valence-electron chi connectivity index (χ2n) is 5.52. The number of nitrogens with zero attached hydrogens (tertiary/aromatic N) is 4. The van der Waals surface area contributed by atoms with E-state index in [0.29, 0.717) is 19.0 Å². The summed E-state index contributed by atoms with van der Waals surface area (Å²) in [4.78, 5) is 19.8. The molecule has 7 nitrogen and oxygen atoms in total. The van der Waals surface area contributed by atoms with Crippen LogP contribution < -0.4 is 9.80 Å². The number of hydrogen-bond donors (Lipinski definition) is 0. The van der Waals surface area contributed by atoms with Crippen molar-refractivity contribution in [3.8, 4) is 0 Å². The molecule has 1 aromatic rings. The molecule has 2 saturated heterocycles. The molecule has 0 unspecified atom stereocenters. The van der Waals surface area contributed by atoms with Gasteiger partial charge in [0.25, 0.3) is 0 Å². The summed E-state index contributed by atoms with van der Waals surface area (Å²) in [5.74, 6) is 1.37. The van der Waals surface area contributed by atoms with Gasteiger partial charge in [-0.05, 0) is 25.3 Å². The van der Waals surface area contributed by atoms with Crippen LogP contribution in [0.15, 0.2) is 6.07 Å². The minimum Gasteiger partial charge on any atom is -0.378 e.